The molecule has 0 spiro atoms. The molecule has 0 aliphatic rings. The van der Waals surface area contributed by atoms with E-state index in [0.717, 1.165) is 0 Å². The van der Waals surface area contributed by atoms with Gasteiger partial charge in [0.15, 0.2) is 0 Å². The molecule has 0 unspecified atom stereocenters. The molecule has 26 heavy (non-hydrogen) atoms. The van der Waals surface area contributed by atoms with Gasteiger partial charge in [-0.05, 0) is 45.0 Å². The van der Waals surface area contributed by atoms with Crippen LogP contribution in [0.1, 0.15) is 32.0 Å². The predicted molar refractivity (Wildman–Crippen MR) is 98.4 cm³/mol. The molecule has 1 aromatic carbocycles. The van der Waals surface area contributed by atoms with Crippen LogP contribution in [0.25, 0.3) is 0 Å². The quantitative estimate of drug-likeness (QED) is 0.719. The van der Waals surface area contributed by atoms with Gasteiger partial charge in [-0.1, -0.05) is 17.7 Å². The number of carbonyl (C=O) groups is 1. The summed E-state index contributed by atoms with van der Waals surface area (Å²) in [5.74, 6) is 0. The summed E-state index contributed by atoms with van der Waals surface area (Å²) in [5.41, 5.74) is 1.20. The van der Waals surface area contributed by atoms with E-state index in [4.69, 9.17) is 21.6 Å². The Bertz CT molecular complexity index is 859. The topological polar surface area (TPSA) is 87.0 Å². The van der Waals surface area contributed by atoms with Gasteiger partial charge in [-0.3, -0.25) is 5.32 Å². The molecule has 6 nitrogen and oxygen atoms in total. The van der Waals surface area contributed by atoms with E-state index in [1.165, 1.54) is 6.07 Å². The van der Waals surface area contributed by atoms with Crippen molar-refractivity contribution in [3.05, 3.63) is 46.7 Å². The number of ether oxygens (including phenoxy) is 1. The lowest BCUT2D eigenvalue weighted by Gasteiger charge is -2.20. The highest BCUT2D eigenvalue weighted by Gasteiger charge is 2.17. The fraction of sp³-hybridized carbons (Fsp3) is 0.278. The molecule has 1 aromatic heterocycles. The van der Waals surface area contributed by atoms with Crippen molar-refractivity contribution in [3.8, 4) is 6.07 Å². The van der Waals surface area contributed by atoms with Crippen LogP contribution in [0.3, 0.4) is 0 Å². The Morgan fingerprint density at radius 2 is 2.04 bits per heavy atom. The van der Waals surface area contributed by atoms with Gasteiger partial charge in [0.05, 0.1) is 5.69 Å². The average Bonchev–Trinajstić information content (AvgIpc) is 2.52. The Morgan fingerprint density at radius 3 is 2.65 bits per heavy atom. The lowest BCUT2D eigenvalue weighted by Crippen LogP contribution is -2.27. The maximum atomic E-state index is 13.2. The highest BCUT2D eigenvalue weighted by atomic mass is 35.5. The van der Waals surface area contributed by atoms with Crippen molar-refractivity contribution < 1.29 is 13.9 Å². The molecule has 0 aliphatic heterocycles. The number of rotatable bonds is 4. The van der Waals surface area contributed by atoms with Gasteiger partial charge in [-0.15, -0.1) is 0 Å². The van der Waals surface area contributed by atoms with Gasteiger partial charge in [0, 0.05) is 16.9 Å². The molecule has 0 radical (unpaired) electrons. The number of aromatic nitrogens is 1. The molecule has 0 bridgehead atoms. The Kier molecular flexibility index (Phi) is 6.01. The monoisotopic (exact) mass is 376 g/mol. The van der Waals surface area contributed by atoms with Crippen LogP contribution in [0, 0.1) is 11.3 Å². The molecule has 0 fully saturated rings. The Balaban J connectivity index is 2.25. The molecular formula is C18H18ClFN4O2. The van der Waals surface area contributed by atoms with Crippen molar-refractivity contribution in [2.24, 2.45) is 0 Å². The fourth-order valence-corrected chi connectivity index (χ4v) is 2.30. The van der Waals surface area contributed by atoms with Gasteiger partial charge in [0.2, 0.25) is 0 Å². The average molecular weight is 377 g/mol. The SMILES string of the molecule is CC(C)(C)OC(=O)Nc1cc(Nc2cc(Cl)nc(C#N)c2)ccc1CF. The minimum atomic E-state index is -0.745. The third-order valence-electron chi connectivity index (χ3n) is 3.09. The summed E-state index contributed by atoms with van der Waals surface area (Å²) in [4.78, 5) is 15.8. The van der Waals surface area contributed by atoms with E-state index in [0.29, 0.717) is 16.9 Å². The molecule has 0 saturated carbocycles. The summed E-state index contributed by atoms with van der Waals surface area (Å²) >= 11 is 5.88. The zero-order valence-electron chi connectivity index (χ0n) is 14.6. The number of pyridine rings is 1. The van der Waals surface area contributed by atoms with Crippen molar-refractivity contribution in [3.63, 3.8) is 0 Å². The van der Waals surface area contributed by atoms with Crippen LogP contribution >= 0.6 is 11.6 Å². The Morgan fingerprint density at radius 1 is 1.31 bits per heavy atom. The van der Waals surface area contributed by atoms with E-state index in [-0.39, 0.29) is 16.5 Å². The van der Waals surface area contributed by atoms with Crippen LogP contribution in [0.4, 0.5) is 26.2 Å². The smallest absolute Gasteiger partial charge is 0.412 e. The minimum absolute atomic E-state index is 0.160. The number of carbonyl (C=O) groups excluding carboxylic acids is 1. The van der Waals surface area contributed by atoms with Gasteiger partial charge in [-0.25, -0.2) is 14.2 Å². The number of alkyl halides is 1. The third-order valence-corrected chi connectivity index (χ3v) is 3.28. The highest BCUT2D eigenvalue weighted by molar-refractivity contribution is 6.29. The Hall–Kier alpha value is -2.85. The van der Waals surface area contributed by atoms with E-state index >= 15 is 0 Å². The molecule has 2 aromatic rings. The zero-order valence-corrected chi connectivity index (χ0v) is 15.3. The number of halogens is 2. The molecule has 1 heterocycles. The van der Waals surface area contributed by atoms with Crippen molar-refractivity contribution in [1.82, 2.24) is 4.98 Å². The predicted octanol–water partition coefficient (Wildman–Crippen LogP) is 5.17. The first-order valence-electron chi connectivity index (χ1n) is 7.74. The van der Waals surface area contributed by atoms with Crippen molar-refractivity contribution in [2.75, 3.05) is 10.6 Å². The van der Waals surface area contributed by atoms with Crippen LogP contribution in [0.15, 0.2) is 30.3 Å². The number of benzene rings is 1. The van der Waals surface area contributed by atoms with Crippen molar-refractivity contribution in [2.45, 2.75) is 33.0 Å². The molecule has 0 saturated heterocycles. The Labute approximate surface area is 155 Å². The molecule has 2 N–H and O–H groups in total. The fourth-order valence-electron chi connectivity index (χ4n) is 2.09. The molecule has 8 heteroatoms. The van der Waals surface area contributed by atoms with Crippen LogP contribution in [-0.2, 0) is 11.4 Å². The number of amides is 1. The minimum Gasteiger partial charge on any atom is -0.444 e. The second-order valence-electron chi connectivity index (χ2n) is 6.43. The van der Waals surface area contributed by atoms with Gasteiger partial charge < -0.3 is 10.1 Å². The van der Waals surface area contributed by atoms with Crippen LogP contribution in [0.5, 0.6) is 0 Å². The second kappa shape index (κ2) is 8.02. The van der Waals surface area contributed by atoms with Gasteiger partial charge in [0.1, 0.15) is 29.2 Å². The largest absolute Gasteiger partial charge is 0.444 e. The van der Waals surface area contributed by atoms with Crippen LogP contribution in [-0.4, -0.2) is 16.7 Å². The number of nitrogens with zero attached hydrogens (tertiary/aromatic N) is 2. The molecule has 1 amide bonds. The second-order valence-corrected chi connectivity index (χ2v) is 6.82. The summed E-state index contributed by atoms with van der Waals surface area (Å²) in [5, 5.41) is 14.7. The number of hydrogen-bond donors (Lipinski definition) is 2. The van der Waals surface area contributed by atoms with E-state index < -0.39 is 18.4 Å². The van der Waals surface area contributed by atoms with E-state index in [1.807, 2.05) is 6.07 Å². The van der Waals surface area contributed by atoms with E-state index in [1.54, 1.807) is 45.0 Å². The van der Waals surface area contributed by atoms with Crippen LogP contribution < -0.4 is 10.6 Å². The molecule has 136 valence electrons. The van der Waals surface area contributed by atoms with Crippen LogP contribution in [0.2, 0.25) is 5.15 Å². The maximum absolute atomic E-state index is 13.2. The first-order chi connectivity index (χ1) is 12.2. The zero-order chi connectivity index (χ0) is 19.3. The van der Waals surface area contributed by atoms with Gasteiger partial charge >= 0.3 is 6.09 Å². The first kappa shape index (κ1) is 19.5. The summed E-state index contributed by atoms with van der Waals surface area (Å²) in [7, 11) is 0. The highest BCUT2D eigenvalue weighted by Crippen LogP contribution is 2.26. The normalized spacial score (nSPS) is 10.8. The number of hydrogen-bond acceptors (Lipinski definition) is 5. The lowest BCUT2D eigenvalue weighted by molar-refractivity contribution is 0.0636. The van der Waals surface area contributed by atoms with Gasteiger partial charge in [-0.2, -0.15) is 5.26 Å². The summed E-state index contributed by atoms with van der Waals surface area (Å²) in [6.07, 6.45) is -0.678. The molecular weight excluding hydrogens is 359 g/mol. The molecule has 0 aliphatic carbocycles. The van der Waals surface area contributed by atoms with E-state index in [9.17, 15) is 9.18 Å². The molecule has 2 rings (SSSR count). The molecule has 0 atom stereocenters. The lowest BCUT2D eigenvalue weighted by atomic mass is 10.1. The van der Waals surface area contributed by atoms with E-state index in [2.05, 4.69) is 15.6 Å². The summed E-state index contributed by atoms with van der Waals surface area (Å²) in [6.45, 7) is 4.47. The standard InChI is InChI=1S/C18H18ClFN4O2/c1-18(2,3)26-17(25)24-15-7-12(5-4-11(15)9-20)22-13-6-14(10-21)23-16(19)8-13/h4-8H,9H2,1-3H3,(H,22,23)(H,24,25). The number of anilines is 3. The summed E-state index contributed by atoms with van der Waals surface area (Å²) < 4.78 is 18.4. The first-order valence-corrected chi connectivity index (χ1v) is 8.11. The summed E-state index contributed by atoms with van der Waals surface area (Å²) in [6, 6.07) is 9.75. The van der Waals surface area contributed by atoms with Gasteiger partial charge in [0.25, 0.3) is 0 Å². The van der Waals surface area contributed by atoms with Crippen molar-refractivity contribution in [1.29, 1.82) is 5.26 Å². The maximum Gasteiger partial charge on any atom is 0.412 e. The number of nitrogens with one attached hydrogen (secondary N) is 2. The number of nitriles is 1. The third kappa shape index (κ3) is 5.60. The van der Waals surface area contributed by atoms with Crippen molar-refractivity contribution >= 4 is 34.8 Å².